The van der Waals surface area contributed by atoms with Crippen LogP contribution in [0, 0.1) is 5.92 Å². The highest BCUT2D eigenvalue weighted by molar-refractivity contribution is 5.99. The first-order chi connectivity index (χ1) is 8.69. The number of piperidine rings is 1. The zero-order chi connectivity index (χ0) is 12.7. The predicted molar refractivity (Wildman–Crippen MR) is 70.3 cm³/mol. The van der Waals surface area contributed by atoms with Gasteiger partial charge in [0.2, 0.25) is 0 Å². The van der Waals surface area contributed by atoms with Gasteiger partial charge >= 0.3 is 0 Å². The number of ketones is 1. The van der Waals surface area contributed by atoms with Crippen LogP contribution < -0.4 is 4.74 Å². The van der Waals surface area contributed by atoms with Crippen LogP contribution in [0.4, 0.5) is 0 Å². The first-order valence-corrected chi connectivity index (χ1v) is 6.58. The number of Topliss-reactive ketones (excluding diaryl/α,β-unsaturated/α-hetero) is 1. The molecular formula is C15H19NO2. The molecule has 0 radical (unpaired) electrons. The van der Waals surface area contributed by atoms with Crippen LogP contribution in [0.3, 0.4) is 0 Å². The second kappa shape index (κ2) is 4.39. The summed E-state index contributed by atoms with van der Waals surface area (Å²) < 4.78 is 5.30. The standard InChI is InChI=1S/C15H19NO2/c1-16-6-5-10-7-15(17)12-4-3-11(18-2)8-13(12)14(10)9-16/h3-4,8,10,14H,5-7,9H2,1-2H3/t10-,14+/m1/s1. The molecule has 0 unspecified atom stereocenters. The molecule has 0 amide bonds. The number of likely N-dealkylation sites (N-methyl/N-ethyl adjacent to an activating group) is 1. The van der Waals surface area contributed by atoms with Gasteiger partial charge in [-0.1, -0.05) is 0 Å². The van der Waals surface area contributed by atoms with Crippen molar-refractivity contribution in [3.63, 3.8) is 0 Å². The molecule has 0 saturated carbocycles. The van der Waals surface area contributed by atoms with Crippen molar-refractivity contribution < 1.29 is 9.53 Å². The molecule has 1 aromatic rings. The third-order valence-electron chi connectivity index (χ3n) is 4.37. The second-order valence-corrected chi connectivity index (χ2v) is 5.50. The van der Waals surface area contributed by atoms with Crippen molar-refractivity contribution in [1.82, 2.24) is 4.90 Å². The first kappa shape index (κ1) is 11.7. The fraction of sp³-hybridized carbons (Fsp3) is 0.533. The van der Waals surface area contributed by atoms with Crippen LogP contribution in [0.25, 0.3) is 0 Å². The zero-order valence-electron chi connectivity index (χ0n) is 11.0. The van der Waals surface area contributed by atoms with E-state index >= 15 is 0 Å². The third-order valence-corrected chi connectivity index (χ3v) is 4.37. The van der Waals surface area contributed by atoms with Crippen LogP contribution in [-0.4, -0.2) is 37.9 Å². The van der Waals surface area contributed by atoms with E-state index in [1.165, 1.54) is 5.56 Å². The first-order valence-electron chi connectivity index (χ1n) is 6.58. The summed E-state index contributed by atoms with van der Waals surface area (Å²) in [7, 11) is 3.84. The lowest BCUT2D eigenvalue weighted by molar-refractivity contribution is 0.0887. The molecule has 1 fully saturated rings. The van der Waals surface area contributed by atoms with Gasteiger partial charge in [0.1, 0.15) is 5.75 Å². The molecule has 1 aliphatic heterocycles. The molecule has 2 aliphatic rings. The number of likely N-dealkylation sites (tertiary alicyclic amines) is 1. The molecule has 3 nitrogen and oxygen atoms in total. The monoisotopic (exact) mass is 245 g/mol. The number of carbonyl (C=O) groups excluding carboxylic acids is 1. The van der Waals surface area contributed by atoms with Gasteiger partial charge in [-0.2, -0.15) is 0 Å². The Kier molecular flexibility index (Phi) is 2.86. The van der Waals surface area contributed by atoms with E-state index in [-0.39, 0.29) is 0 Å². The summed E-state index contributed by atoms with van der Waals surface area (Å²) in [6, 6.07) is 5.88. The fourth-order valence-corrected chi connectivity index (χ4v) is 3.34. The lowest BCUT2D eigenvalue weighted by atomic mass is 9.71. The maximum absolute atomic E-state index is 12.2. The summed E-state index contributed by atoms with van der Waals surface area (Å²) >= 11 is 0. The molecule has 1 aromatic carbocycles. The number of carbonyl (C=O) groups is 1. The number of ether oxygens (including phenoxy) is 1. The Morgan fingerprint density at radius 3 is 3.00 bits per heavy atom. The maximum Gasteiger partial charge on any atom is 0.163 e. The second-order valence-electron chi connectivity index (χ2n) is 5.50. The van der Waals surface area contributed by atoms with Crippen molar-refractivity contribution >= 4 is 5.78 Å². The minimum Gasteiger partial charge on any atom is -0.497 e. The average Bonchev–Trinajstić information content (AvgIpc) is 2.39. The molecule has 3 rings (SSSR count). The van der Waals surface area contributed by atoms with Gasteiger partial charge in [0.05, 0.1) is 7.11 Å². The van der Waals surface area contributed by atoms with Crippen molar-refractivity contribution in [2.24, 2.45) is 5.92 Å². The molecule has 0 aromatic heterocycles. The van der Waals surface area contributed by atoms with Gasteiger partial charge in [-0.25, -0.2) is 0 Å². The van der Waals surface area contributed by atoms with E-state index in [2.05, 4.69) is 18.0 Å². The number of benzene rings is 1. The smallest absolute Gasteiger partial charge is 0.163 e. The predicted octanol–water partition coefficient (Wildman–Crippen LogP) is 2.32. The van der Waals surface area contributed by atoms with Crippen LogP contribution in [0.2, 0.25) is 0 Å². The van der Waals surface area contributed by atoms with Gasteiger partial charge in [0.25, 0.3) is 0 Å². The van der Waals surface area contributed by atoms with Gasteiger partial charge in [-0.05, 0) is 49.7 Å². The molecule has 18 heavy (non-hydrogen) atoms. The van der Waals surface area contributed by atoms with Gasteiger partial charge in [0.15, 0.2) is 5.78 Å². The molecule has 0 spiro atoms. The van der Waals surface area contributed by atoms with Crippen LogP contribution in [-0.2, 0) is 0 Å². The number of hydrogen-bond acceptors (Lipinski definition) is 3. The summed E-state index contributed by atoms with van der Waals surface area (Å²) in [6.45, 7) is 2.16. The molecule has 3 heteroatoms. The van der Waals surface area contributed by atoms with Crippen molar-refractivity contribution in [1.29, 1.82) is 0 Å². The van der Waals surface area contributed by atoms with E-state index < -0.39 is 0 Å². The summed E-state index contributed by atoms with van der Waals surface area (Å²) in [6.07, 6.45) is 1.85. The molecule has 1 saturated heterocycles. The van der Waals surface area contributed by atoms with Crippen molar-refractivity contribution in [2.45, 2.75) is 18.8 Å². The van der Waals surface area contributed by atoms with Crippen LogP contribution in [0.5, 0.6) is 5.75 Å². The summed E-state index contributed by atoms with van der Waals surface area (Å²) in [5, 5.41) is 0. The highest BCUT2D eigenvalue weighted by Crippen LogP contribution is 2.41. The lowest BCUT2D eigenvalue weighted by Gasteiger charge is -2.40. The number of hydrogen-bond donors (Lipinski definition) is 0. The largest absolute Gasteiger partial charge is 0.497 e. The Morgan fingerprint density at radius 1 is 1.39 bits per heavy atom. The lowest BCUT2D eigenvalue weighted by Crippen LogP contribution is -2.40. The van der Waals surface area contributed by atoms with Crippen molar-refractivity contribution in [2.75, 3.05) is 27.2 Å². The number of methoxy groups -OCH3 is 1. The van der Waals surface area contributed by atoms with Gasteiger partial charge in [0, 0.05) is 24.4 Å². The molecule has 96 valence electrons. The molecule has 1 aliphatic carbocycles. The number of fused-ring (bicyclic) bond motifs is 3. The van der Waals surface area contributed by atoms with E-state index in [1.54, 1.807) is 7.11 Å². The zero-order valence-corrected chi connectivity index (χ0v) is 11.0. The maximum atomic E-state index is 12.2. The van der Waals surface area contributed by atoms with E-state index in [4.69, 9.17) is 4.74 Å². The summed E-state index contributed by atoms with van der Waals surface area (Å²) in [5.74, 6) is 2.17. The van der Waals surface area contributed by atoms with Crippen molar-refractivity contribution in [3.8, 4) is 5.75 Å². The minimum absolute atomic E-state index is 0.304. The highest BCUT2D eigenvalue weighted by atomic mass is 16.5. The molecule has 0 N–H and O–H groups in total. The van der Waals surface area contributed by atoms with E-state index in [0.717, 1.165) is 37.2 Å². The Labute approximate surface area is 108 Å². The summed E-state index contributed by atoms with van der Waals surface area (Å²) in [5.41, 5.74) is 2.11. The van der Waals surface area contributed by atoms with Crippen LogP contribution in [0.1, 0.15) is 34.7 Å². The Hall–Kier alpha value is -1.35. The Bertz CT molecular complexity index is 483. The van der Waals surface area contributed by atoms with E-state index in [0.29, 0.717) is 17.6 Å². The average molecular weight is 245 g/mol. The SMILES string of the molecule is COc1ccc2c(c1)[C@H]1CN(C)CC[C@@H]1CC2=O. The van der Waals surface area contributed by atoms with Crippen molar-refractivity contribution in [3.05, 3.63) is 29.3 Å². The molecule has 2 atom stereocenters. The topological polar surface area (TPSA) is 29.5 Å². The molecule has 1 heterocycles. The Morgan fingerprint density at radius 2 is 2.22 bits per heavy atom. The molecule has 0 bridgehead atoms. The number of nitrogens with zero attached hydrogens (tertiary/aromatic N) is 1. The van der Waals surface area contributed by atoms with Gasteiger partial charge in [-0.3, -0.25) is 4.79 Å². The van der Waals surface area contributed by atoms with Gasteiger partial charge in [-0.15, -0.1) is 0 Å². The van der Waals surface area contributed by atoms with Crippen LogP contribution in [0.15, 0.2) is 18.2 Å². The fourth-order valence-electron chi connectivity index (χ4n) is 3.34. The van der Waals surface area contributed by atoms with E-state index in [1.807, 2.05) is 12.1 Å². The normalized spacial score (nSPS) is 27.6. The quantitative estimate of drug-likeness (QED) is 0.760. The minimum atomic E-state index is 0.304. The highest BCUT2D eigenvalue weighted by Gasteiger charge is 2.37. The number of rotatable bonds is 1. The molecular weight excluding hydrogens is 226 g/mol. The van der Waals surface area contributed by atoms with Crippen LogP contribution >= 0.6 is 0 Å². The summed E-state index contributed by atoms with van der Waals surface area (Å²) in [4.78, 5) is 14.5. The Balaban J connectivity index is 2.04. The van der Waals surface area contributed by atoms with E-state index in [9.17, 15) is 4.79 Å². The third kappa shape index (κ3) is 1.83. The van der Waals surface area contributed by atoms with Gasteiger partial charge < -0.3 is 9.64 Å².